The summed E-state index contributed by atoms with van der Waals surface area (Å²) in [6.45, 7) is 6.83. The van der Waals surface area contributed by atoms with Gasteiger partial charge in [0.1, 0.15) is 10.7 Å². The van der Waals surface area contributed by atoms with Gasteiger partial charge in [-0.15, -0.1) is 10.2 Å². The average Bonchev–Trinajstić information content (AvgIpc) is 3.13. The summed E-state index contributed by atoms with van der Waals surface area (Å²) in [4.78, 5) is 9.39. The van der Waals surface area contributed by atoms with Crippen molar-refractivity contribution in [2.75, 3.05) is 31.1 Å². The van der Waals surface area contributed by atoms with E-state index in [9.17, 15) is 0 Å². The minimum atomic E-state index is 0.724. The quantitative estimate of drug-likeness (QED) is 0.727. The molecule has 0 atom stereocenters. The Morgan fingerprint density at radius 3 is 2.70 bits per heavy atom. The van der Waals surface area contributed by atoms with Crippen molar-refractivity contribution in [3.8, 4) is 0 Å². The highest BCUT2D eigenvalue weighted by atomic mass is 35.5. The molecule has 4 rings (SSSR count). The zero-order valence-electron chi connectivity index (χ0n) is 12.8. The normalized spacial score (nSPS) is 16.3. The number of nitrogens with zero attached hydrogens (tertiary/aromatic N) is 6. The topological polar surface area (TPSA) is 49.6 Å². The first kappa shape index (κ1) is 14.9. The second kappa shape index (κ2) is 6.07. The molecule has 0 aliphatic carbocycles. The molecular weight excluding hydrogens is 332 g/mol. The lowest BCUT2D eigenvalue weighted by Crippen LogP contribution is -2.46. The number of anilines is 1. The smallest absolute Gasteiger partial charge is 0.208 e. The first-order valence-corrected chi connectivity index (χ1v) is 8.77. The molecule has 3 aromatic rings. The van der Waals surface area contributed by atoms with Crippen LogP contribution in [0, 0.1) is 6.92 Å². The Kier molecular flexibility index (Phi) is 3.92. The van der Waals surface area contributed by atoms with Crippen LogP contribution < -0.4 is 4.90 Å². The molecule has 0 aromatic carbocycles. The molecule has 0 radical (unpaired) electrons. The maximum Gasteiger partial charge on any atom is 0.208 e. The monoisotopic (exact) mass is 348 g/mol. The van der Waals surface area contributed by atoms with Crippen LogP contribution in [0.5, 0.6) is 0 Å². The Bertz CT molecular complexity index is 820. The van der Waals surface area contributed by atoms with E-state index >= 15 is 0 Å². The van der Waals surface area contributed by atoms with E-state index in [1.165, 1.54) is 0 Å². The van der Waals surface area contributed by atoms with Gasteiger partial charge in [-0.2, -0.15) is 0 Å². The summed E-state index contributed by atoms with van der Waals surface area (Å²) < 4.78 is 1.98. The Balaban J connectivity index is 1.40. The fraction of sp³-hybridized carbons (Fsp3) is 0.400. The summed E-state index contributed by atoms with van der Waals surface area (Å²) in [6.07, 6.45) is 3.95. The Morgan fingerprint density at radius 1 is 1.13 bits per heavy atom. The van der Waals surface area contributed by atoms with Crippen LogP contribution in [0.2, 0.25) is 5.02 Å². The van der Waals surface area contributed by atoms with Gasteiger partial charge in [-0.05, 0) is 19.1 Å². The molecule has 1 aliphatic heterocycles. The molecule has 6 nitrogen and oxygen atoms in total. The molecule has 0 spiro atoms. The number of pyridine rings is 1. The van der Waals surface area contributed by atoms with Crippen LogP contribution in [0.3, 0.4) is 0 Å². The maximum atomic E-state index is 6.02. The molecule has 0 saturated carbocycles. The SMILES string of the molecule is Cc1nnc(N2CCN(Cc3cn4cc(Cl)ccc4n3)CC2)s1. The van der Waals surface area contributed by atoms with E-state index in [1.54, 1.807) is 11.3 Å². The molecule has 0 amide bonds. The lowest BCUT2D eigenvalue weighted by atomic mass is 10.3. The van der Waals surface area contributed by atoms with Gasteiger partial charge in [0.25, 0.3) is 0 Å². The zero-order chi connectivity index (χ0) is 15.8. The van der Waals surface area contributed by atoms with Crippen molar-refractivity contribution in [2.45, 2.75) is 13.5 Å². The van der Waals surface area contributed by atoms with Crippen molar-refractivity contribution in [2.24, 2.45) is 0 Å². The first-order valence-electron chi connectivity index (χ1n) is 7.58. The second-order valence-electron chi connectivity index (χ2n) is 5.71. The van der Waals surface area contributed by atoms with Crippen molar-refractivity contribution in [1.29, 1.82) is 0 Å². The van der Waals surface area contributed by atoms with Gasteiger partial charge in [-0.1, -0.05) is 22.9 Å². The van der Waals surface area contributed by atoms with Crippen LogP contribution >= 0.6 is 22.9 Å². The molecular formula is C15H17ClN6S. The van der Waals surface area contributed by atoms with Gasteiger partial charge in [0.15, 0.2) is 0 Å². The first-order chi connectivity index (χ1) is 11.2. The zero-order valence-corrected chi connectivity index (χ0v) is 14.4. The lowest BCUT2D eigenvalue weighted by Gasteiger charge is -2.33. The van der Waals surface area contributed by atoms with Crippen LogP contribution in [-0.2, 0) is 6.54 Å². The summed E-state index contributed by atoms with van der Waals surface area (Å²) in [7, 11) is 0. The third-order valence-corrected chi connectivity index (χ3v) is 5.13. The standard InChI is InChI=1S/C15H17ClN6S/c1-11-18-19-15(23-11)21-6-4-20(5-7-21)9-13-10-22-8-12(16)2-3-14(22)17-13/h2-3,8,10H,4-7,9H2,1H3. The number of halogens is 1. The van der Waals surface area contributed by atoms with Crippen molar-refractivity contribution in [3.63, 3.8) is 0 Å². The molecule has 1 aliphatic rings. The molecule has 120 valence electrons. The summed E-state index contributed by atoms with van der Waals surface area (Å²) >= 11 is 7.68. The highest BCUT2D eigenvalue weighted by Gasteiger charge is 2.20. The summed E-state index contributed by atoms with van der Waals surface area (Å²) in [5.41, 5.74) is 2.01. The fourth-order valence-corrected chi connectivity index (χ4v) is 3.74. The fourth-order valence-electron chi connectivity index (χ4n) is 2.83. The van der Waals surface area contributed by atoms with Crippen LogP contribution in [0.25, 0.3) is 5.65 Å². The number of aromatic nitrogens is 4. The molecule has 0 bridgehead atoms. The lowest BCUT2D eigenvalue weighted by molar-refractivity contribution is 0.247. The van der Waals surface area contributed by atoms with E-state index < -0.39 is 0 Å². The van der Waals surface area contributed by atoms with E-state index in [4.69, 9.17) is 11.6 Å². The van der Waals surface area contributed by atoms with Gasteiger partial charge in [0.05, 0.1) is 10.7 Å². The third kappa shape index (κ3) is 3.17. The van der Waals surface area contributed by atoms with E-state index in [2.05, 4.69) is 31.2 Å². The number of fused-ring (bicyclic) bond motifs is 1. The van der Waals surface area contributed by atoms with Gasteiger partial charge in [-0.3, -0.25) is 4.90 Å². The van der Waals surface area contributed by atoms with Gasteiger partial charge < -0.3 is 9.30 Å². The largest absolute Gasteiger partial charge is 0.344 e. The molecule has 3 aromatic heterocycles. The van der Waals surface area contributed by atoms with Crippen LogP contribution in [-0.4, -0.2) is 50.7 Å². The molecule has 0 N–H and O–H groups in total. The van der Waals surface area contributed by atoms with E-state index in [0.29, 0.717) is 0 Å². The van der Waals surface area contributed by atoms with Crippen molar-refractivity contribution >= 4 is 33.7 Å². The highest BCUT2D eigenvalue weighted by Crippen LogP contribution is 2.21. The van der Waals surface area contributed by atoms with Crippen LogP contribution in [0.15, 0.2) is 24.5 Å². The summed E-state index contributed by atoms with van der Waals surface area (Å²) in [5.74, 6) is 0. The van der Waals surface area contributed by atoms with Gasteiger partial charge in [0, 0.05) is 45.1 Å². The van der Waals surface area contributed by atoms with Gasteiger partial charge in [-0.25, -0.2) is 4.98 Å². The van der Waals surface area contributed by atoms with Gasteiger partial charge >= 0.3 is 0 Å². The van der Waals surface area contributed by atoms with Crippen molar-refractivity contribution in [1.82, 2.24) is 24.5 Å². The number of piperazine rings is 1. The Labute approximate surface area is 143 Å². The van der Waals surface area contributed by atoms with Crippen LogP contribution in [0.4, 0.5) is 5.13 Å². The highest BCUT2D eigenvalue weighted by molar-refractivity contribution is 7.15. The second-order valence-corrected chi connectivity index (χ2v) is 7.31. The molecule has 4 heterocycles. The molecule has 0 unspecified atom stereocenters. The number of rotatable bonds is 3. The number of aryl methyl sites for hydroxylation is 1. The predicted molar refractivity (Wildman–Crippen MR) is 92.3 cm³/mol. The Morgan fingerprint density at radius 2 is 1.96 bits per heavy atom. The van der Waals surface area contributed by atoms with E-state index in [1.807, 2.05) is 29.7 Å². The summed E-state index contributed by atoms with van der Waals surface area (Å²) in [6, 6.07) is 3.82. The van der Waals surface area contributed by atoms with E-state index in [-0.39, 0.29) is 0 Å². The average molecular weight is 349 g/mol. The predicted octanol–water partition coefficient (Wildman–Crippen LogP) is 2.47. The molecule has 8 heteroatoms. The maximum absolute atomic E-state index is 6.02. The number of hydrogen-bond acceptors (Lipinski definition) is 6. The summed E-state index contributed by atoms with van der Waals surface area (Å²) in [5, 5.41) is 11.1. The Hall–Kier alpha value is -1.70. The minimum absolute atomic E-state index is 0.724. The number of hydrogen-bond donors (Lipinski definition) is 0. The molecule has 1 saturated heterocycles. The third-order valence-electron chi connectivity index (χ3n) is 4.01. The van der Waals surface area contributed by atoms with Crippen molar-refractivity contribution < 1.29 is 0 Å². The molecule has 23 heavy (non-hydrogen) atoms. The molecule has 1 fully saturated rings. The number of imidazole rings is 1. The van der Waals surface area contributed by atoms with Gasteiger partial charge in [0.2, 0.25) is 5.13 Å². The van der Waals surface area contributed by atoms with E-state index in [0.717, 1.165) is 59.2 Å². The van der Waals surface area contributed by atoms with Crippen molar-refractivity contribution in [3.05, 3.63) is 40.3 Å². The van der Waals surface area contributed by atoms with Crippen LogP contribution in [0.1, 0.15) is 10.7 Å². The minimum Gasteiger partial charge on any atom is -0.344 e.